The summed E-state index contributed by atoms with van der Waals surface area (Å²) in [6, 6.07) is 3.51. The lowest BCUT2D eigenvalue weighted by atomic mass is 10.1. The highest BCUT2D eigenvalue weighted by Crippen LogP contribution is 2.27. The van der Waals surface area contributed by atoms with Crippen LogP contribution in [0.5, 0.6) is 0 Å². The maximum atomic E-state index is 12.8. The van der Waals surface area contributed by atoms with Gasteiger partial charge in [-0.1, -0.05) is 24.9 Å². The van der Waals surface area contributed by atoms with Crippen molar-refractivity contribution in [2.24, 2.45) is 0 Å². The summed E-state index contributed by atoms with van der Waals surface area (Å²) in [5, 5.41) is 11.0. The Labute approximate surface area is 145 Å². The van der Waals surface area contributed by atoms with E-state index in [1.807, 2.05) is 6.92 Å². The van der Waals surface area contributed by atoms with E-state index in [-0.39, 0.29) is 33.8 Å². The predicted octanol–water partition coefficient (Wildman–Crippen LogP) is 2.68. The second kappa shape index (κ2) is 7.48. The van der Waals surface area contributed by atoms with E-state index < -0.39 is 20.7 Å². The Bertz CT molecular complexity index is 750. The van der Waals surface area contributed by atoms with E-state index in [0.717, 1.165) is 18.9 Å². The molecule has 24 heavy (non-hydrogen) atoms. The molecule has 0 spiro atoms. The van der Waals surface area contributed by atoms with Gasteiger partial charge in [0.15, 0.2) is 9.84 Å². The van der Waals surface area contributed by atoms with Gasteiger partial charge in [0.25, 0.3) is 11.6 Å². The number of benzene rings is 1. The molecule has 1 amide bonds. The lowest BCUT2D eigenvalue weighted by molar-refractivity contribution is -0.384. The third kappa shape index (κ3) is 4.24. The van der Waals surface area contributed by atoms with Gasteiger partial charge < -0.3 is 4.90 Å². The maximum absolute atomic E-state index is 12.8. The molecule has 2 rings (SSSR count). The number of nitrogens with zero attached hydrogens (tertiary/aromatic N) is 2. The zero-order valence-electron chi connectivity index (χ0n) is 13.3. The molecule has 0 unspecified atom stereocenters. The molecule has 1 atom stereocenters. The van der Waals surface area contributed by atoms with Crippen molar-refractivity contribution in [3.05, 3.63) is 38.9 Å². The second-order valence-corrected chi connectivity index (χ2v) is 8.47. The fourth-order valence-electron chi connectivity index (χ4n) is 2.75. The van der Waals surface area contributed by atoms with Crippen LogP contribution < -0.4 is 0 Å². The van der Waals surface area contributed by atoms with E-state index in [0.29, 0.717) is 13.0 Å². The van der Waals surface area contributed by atoms with Crippen molar-refractivity contribution in [2.75, 3.05) is 18.1 Å². The molecule has 1 fully saturated rings. The average Bonchev–Trinajstić information content (AvgIpc) is 2.87. The first kappa shape index (κ1) is 18.7. The van der Waals surface area contributed by atoms with Crippen LogP contribution in [0.1, 0.15) is 36.5 Å². The molecule has 0 radical (unpaired) electrons. The monoisotopic (exact) mass is 374 g/mol. The molecular weight excluding hydrogens is 356 g/mol. The molecule has 1 aliphatic heterocycles. The van der Waals surface area contributed by atoms with Gasteiger partial charge in [-0.2, -0.15) is 0 Å². The van der Waals surface area contributed by atoms with Crippen LogP contribution in [0, 0.1) is 10.1 Å². The van der Waals surface area contributed by atoms with E-state index in [1.165, 1.54) is 17.0 Å². The topological polar surface area (TPSA) is 97.6 Å². The lowest BCUT2D eigenvalue weighted by Gasteiger charge is -2.28. The number of unbranched alkanes of at least 4 members (excludes halogenated alkanes) is 1. The fourth-order valence-corrected chi connectivity index (χ4v) is 4.67. The van der Waals surface area contributed by atoms with Gasteiger partial charge in [0.05, 0.1) is 16.4 Å². The van der Waals surface area contributed by atoms with Crippen molar-refractivity contribution in [3.63, 3.8) is 0 Å². The van der Waals surface area contributed by atoms with Gasteiger partial charge in [-0.25, -0.2) is 8.42 Å². The third-order valence-corrected chi connectivity index (χ3v) is 6.12. The molecule has 7 nitrogen and oxygen atoms in total. The summed E-state index contributed by atoms with van der Waals surface area (Å²) in [7, 11) is -3.13. The molecule has 132 valence electrons. The van der Waals surface area contributed by atoms with Crippen LogP contribution in [0.2, 0.25) is 5.02 Å². The van der Waals surface area contributed by atoms with E-state index >= 15 is 0 Å². The third-order valence-electron chi connectivity index (χ3n) is 4.05. The second-order valence-electron chi connectivity index (χ2n) is 5.83. The molecule has 0 N–H and O–H groups in total. The van der Waals surface area contributed by atoms with Gasteiger partial charge >= 0.3 is 0 Å². The number of nitro benzene ring substituents is 1. The number of halogens is 1. The van der Waals surface area contributed by atoms with Gasteiger partial charge in [0.2, 0.25) is 0 Å². The number of amides is 1. The van der Waals surface area contributed by atoms with Crippen LogP contribution in [-0.2, 0) is 9.84 Å². The van der Waals surface area contributed by atoms with Crippen LogP contribution >= 0.6 is 11.6 Å². The van der Waals surface area contributed by atoms with Gasteiger partial charge in [-0.3, -0.25) is 14.9 Å². The first-order valence-corrected chi connectivity index (χ1v) is 9.90. The lowest BCUT2D eigenvalue weighted by Crippen LogP contribution is -2.41. The summed E-state index contributed by atoms with van der Waals surface area (Å²) in [6.07, 6.45) is 1.98. The highest BCUT2D eigenvalue weighted by Gasteiger charge is 2.35. The van der Waals surface area contributed by atoms with Crippen molar-refractivity contribution >= 4 is 33.0 Å². The SMILES string of the molecule is CCCCN(C(=O)c1ccc(Cl)c([N+](=O)[O-])c1)[C@@H]1CCS(=O)(=O)C1. The van der Waals surface area contributed by atoms with E-state index in [1.54, 1.807) is 0 Å². The number of carbonyl (C=O) groups excluding carboxylic acids is 1. The quantitative estimate of drug-likeness (QED) is 0.563. The Kier molecular flexibility index (Phi) is 5.82. The number of carbonyl (C=O) groups is 1. The molecule has 0 aromatic heterocycles. The molecule has 1 heterocycles. The molecule has 0 saturated carbocycles. The Balaban J connectivity index is 2.31. The van der Waals surface area contributed by atoms with Crippen LogP contribution in [-0.4, -0.2) is 48.2 Å². The highest BCUT2D eigenvalue weighted by molar-refractivity contribution is 7.91. The van der Waals surface area contributed by atoms with Crippen LogP contribution in [0.25, 0.3) is 0 Å². The molecule has 1 aromatic rings. The molecule has 0 bridgehead atoms. The number of hydrogen-bond donors (Lipinski definition) is 0. The summed E-state index contributed by atoms with van der Waals surface area (Å²) >= 11 is 5.78. The summed E-state index contributed by atoms with van der Waals surface area (Å²) in [5.74, 6) is -0.391. The maximum Gasteiger partial charge on any atom is 0.288 e. The van der Waals surface area contributed by atoms with Crippen molar-refractivity contribution in [1.29, 1.82) is 0 Å². The molecule has 1 saturated heterocycles. The predicted molar refractivity (Wildman–Crippen MR) is 91.1 cm³/mol. The van der Waals surface area contributed by atoms with E-state index in [9.17, 15) is 23.3 Å². The van der Waals surface area contributed by atoms with Gasteiger partial charge in [-0.15, -0.1) is 0 Å². The first-order chi connectivity index (χ1) is 11.2. The minimum atomic E-state index is -3.13. The number of nitro groups is 1. The summed E-state index contributed by atoms with van der Waals surface area (Å²) in [4.78, 5) is 24.7. The van der Waals surface area contributed by atoms with Gasteiger partial charge in [0.1, 0.15) is 5.02 Å². The zero-order valence-corrected chi connectivity index (χ0v) is 14.8. The average molecular weight is 375 g/mol. The zero-order chi connectivity index (χ0) is 17.9. The molecule has 1 aromatic carbocycles. The molecule has 9 heteroatoms. The summed E-state index contributed by atoms with van der Waals surface area (Å²) < 4.78 is 23.4. The van der Waals surface area contributed by atoms with Crippen molar-refractivity contribution in [2.45, 2.75) is 32.2 Å². The number of rotatable bonds is 6. The normalized spacial score (nSPS) is 19.2. The standard InChI is InChI=1S/C15H19ClN2O5S/c1-2-3-7-17(12-6-8-24(22,23)10-12)15(19)11-4-5-13(16)14(9-11)18(20)21/h4-5,9,12H,2-3,6-8,10H2,1H3/t12-/m1/s1. The Morgan fingerprint density at radius 1 is 1.46 bits per heavy atom. The largest absolute Gasteiger partial charge is 0.335 e. The first-order valence-electron chi connectivity index (χ1n) is 7.70. The highest BCUT2D eigenvalue weighted by atomic mass is 35.5. The van der Waals surface area contributed by atoms with Crippen molar-refractivity contribution in [1.82, 2.24) is 4.90 Å². The summed E-state index contributed by atoms with van der Waals surface area (Å²) in [6.45, 7) is 2.40. The summed E-state index contributed by atoms with van der Waals surface area (Å²) in [5.41, 5.74) is -0.191. The van der Waals surface area contributed by atoms with Crippen LogP contribution in [0.15, 0.2) is 18.2 Å². The number of sulfone groups is 1. The van der Waals surface area contributed by atoms with Gasteiger partial charge in [0, 0.05) is 24.2 Å². The Morgan fingerprint density at radius 3 is 2.71 bits per heavy atom. The van der Waals surface area contributed by atoms with Crippen LogP contribution in [0.4, 0.5) is 5.69 Å². The minimum absolute atomic E-state index is 0.0416. The molecular formula is C15H19ClN2O5S. The fraction of sp³-hybridized carbons (Fsp3) is 0.533. The van der Waals surface area contributed by atoms with E-state index in [4.69, 9.17) is 11.6 Å². The van der Waals surface area contributed by atoms with E-state index in [2.05, 4.69) is 0 Å². The number of hydrogen-bond acceptors (Lipinski definition) is 5. The van der Waals surface area contributed by atoms with Gasteiger partial charge in [-0.05, 0) is 25.0 Å². The Hall–Kier alpha value is -1.67. The van der Waals surface area contributed by atoms with Crippen molar-refractivity contribution in [3.8, 4) is 0 Å². The Morgan fingerprint density at radius 2 is 2.17 bits per heavy atom. The van der Waals surface area contributed by atoms with Crippen molar-refractivity contribution < 1.29 is 18.1 Å². The molecule has 0 aliphatic carbocycles. The smallest absolute Gasteiger partial charge is 0.288 e. The minimum Gasteiger partial charge on any atom is -0.335 e. The molecule has 1 aliphatic rings. The van der Waals surface area contributed by atoms with Crippen LogP contribution in [0.3, 0.4) is 0 Å².